The number of hydrogen-bond acceptors (Lipinski definition) is 6. The van der Waals surface area contributed by atoms with Gasteiger partial charge in [-0.15, -0.1) is 0 Å². The molecule has 0 spiro atoms. The number of ether oxygens (including phenoxy) is 2. The molecular formula is C23H27N3O6S. The van der Waals surface area contributed by atoms with Crippen LogP contribution in [0.5, 0.6) is 0 Å². The molecule has 2 aromatic carbocycles. The average molecular weight is 474 g/mol. The van der Waals surface area contributed by atoms with Crippen LogP contribution in [-0.2, 0) is 24.3 Å². The van der Waals surface area contributed by atoms with E-state index in [0.717, 1.165) is 12.0 Å². The van der Waals surface area contributed by atoms with Crippen molar-refractivity contribution in [2.45, 2.75) is 30.8 Å². The number of benzene rings is 2. The Balaban J connectivity index is 1.49. The highest BCUT2D eigenvalue weighted by Crippen LogP contribution is 2.25. The van der Waals surface area contributed by atoms with Crippen molar-refractivity contribution in [2.75, 3.05) is 43.5 Å². The van der Waals surface area contributed by atoms with E-state index < -0.39 is 22.0 Å². The Kier molecular flexibility index (Phi) is 7.08. The van der Waals surface area contributed by atoms with Crippen LogP contribution in [0, 0.1) is 6.92 Å². The van der Waals surface area contributed by atoms with Gasteiger partial charge in [0.05, 0.1) is 18.1 Å². The molecule has 2 fully saturated rings. The molecule has 2 saturated heterocycles. The highest BCUT2D eigenvalue weighted by molar-refractivity contribution is 7.89. The van der Waals surface area contributed by atoms with Crippen molar-refractivity contribution >= 4 is 33.2 Å². The minimum absolute atomic E-state index is 0.114. The lowest BCUT2D eigenvalue weighted by molar-refractivity contribution is -0.124. The number of sulfonamides is 1. The van der Waals surface area contributed by atoms with Crippen LogP contribution < -0.4 is 10.6 Å². The van der Waals surface area contributed by atoms with Gasteiger partial charge in [0.25, 0.3) is 11.8 Å². The summed E-state index contributed by atoms with van der Waals surface area (Å²) in [7, 11) is -3.69. The first-order valence-electron chi connectivity index (χ1n) is 10.9. The van der Waals surface area contributed by atoms with Crippen molar-refractivity contribution in [3.8, 4) is 0 Å². The topological polar surface area (TPSA) is 114 Å². The molecule has 0 aliphatic carbocycles. The van der Waals surface area contributed by atoms with E-state index in [1.54, 1.807) is 37.3 Å². The Morgan fingerprint density at radius 3 is 2.55 bits per heavy atom. The van der Waals surface area contributed by atoms with E-state index in [9.17, 15) is 18.0 Å². The van der Waals surface area contributed by atoms with Gasteiger partial charge in [0.1, 0.15) is 6.10 Å². The molecule has 2 aliphatic rings. The van der Waals surface area contributed by atoms with Gasteiger partial charge in [0, 0.05) is 36.6 Å². The molecule has 9 nitrogen and oxygen atoms in total. The average Bonchev–Trinajstić information content (AvgIpc) is 3.36. The van der Waals surface area contributed by atoms with Gasteiger partial charge in [-0.25, -0.2) is 8.42 Å². The standard InChI is InChI=1S/C23H27N3O6S/c1-16-7-8-19(33(29,30)26-9-12-31-13-10-26)15-20(16)25-22(27)17-4-2-5-18(14-17)24-23(28)21-6-3-11-32-21/h2,4-5,7-8,14-15,21H,3,6,9-13H2,1H3,(H,24,28)(H,25,27)/t21-/m0/s1. The third kappa shape index (κ3) is 5.41. The third-order valence-electron chi connectivity index (χ3n) is 5.68. The fourth-order valence-corrected chi connectivity index (χ4v) is 5.21. The van der Waals surface area contributed by atoms with Crippen molar-refractivity contribution in [1.82, 2.24) is 4.31 Å². The number of hydrogen-bond donors (Lipinski definition) is 2. The maximum atomic E-state index is 13.0. The van der Waals surface area contributed by atoms with E-state index in [-0.39, 0.29) is 10.8 Å². The highest BCUT2D eigenvalue weighted by atomic mass is 32.2. The molecule has 0 aromatic heterocycles. The monoisotopic (exact) mass is 473 g/mol. The Morgan fingerprint density at radius 2 is 1.82 bits per heavy atom. The molecular weight excluding hydrogens is 446 g/mol. The number of rotatable bonds is 6. The van der Waals surface area contributed by atoms with E-state index >= 15 is 0 Å². The van der Waals surface area contributed by atoms with Crippen molar-refractivity contribution in [3.05, 3.63) is 53.6 Å². The predicted octanol–water partition coefficient (Wildman–Crippen LogP) is 2.39. The third-order valence-corrected chi connectivity index (χ3v) is 7.57. The zero-order valence-electron chi connectivity index (χ0n) is 18.4. The molecule has 0 saturated carbocycles. The van der Waals surface area contributed by atoms with Gasteiger partial charge in [-0.3, -0.25) is 9.59 Å². The van der Waals surface area contributed by atoms with Crippen molar-refractivity contribution in [3.63, 3.8) is 0 Å². The first kappa shape index (κ1) is 23.4. The summed E-state index contributed by atoms with van der Waals surface area (Å²) in [6.45, 7) is 3.66. The van der Waals surface area contributed by atoms with Crippen LogP contribution in [0.4, 0.5) is 11.4 Å². The number of nitrogens with one attached hydrogen (secondary N) is 2. The van der Waals surface area contributed by atoms with Crippen LogP contribution in [0.3, 0.4) is 0 Å². The van der Waals surface area contributed by atoms with Crippen LogP contribution in [0.25, 0.3) is 0 Å². The second-order valence-electron chi connectivity index (χ2n) is 8.02. The van der Waals surface area contributed by atoms with Gasteiger partial charge in [0.2, 0.25) is 10.0 Å². The number of carbonyl (C=O) groups is 2. The molecule has 2 heterocycles. The highest BCUT2D eigenvalue weighted by Gasteiger charge is 2.27. The van der Waals surface area contributed by atoms with Gasteiger partial charge in [-0.05, 0) is 55.7 Å². The number of nitrogens with zero attached hydrogens (tertiary/aromatic N) is 1. The van der Waals surface area contributed by atoms with E-state index in [1.165, 1.54) is 16.4 Å². The molecule has 10 heteroatoms. The minimum Gasteiger partial charge on any atom is -0.379 e. The van der Waals surface area contributed by atoms with Crippen molar-refractivity contribution in [1.29, 1.82) is 0 Å². The van der Waals surface area contributed by atoms with Crippen LogP contribution in [0.15, 0.2) is 47.4 Å². The molecule has 4 rings (SSSR count). The molecule has 0 radical (unpaired) electrons. The Morgan fingerprint density at radius 1 is 1.03 bits per heavy atom. The van der Waals surface area contributed by atoms with E-state index in [0.29, 0.717) is 56.3 Å². The lowest BCUT2D eigenvalue weighted by atomic mass is 10.1. The maximum Gasteiger partial charge on any atom is 0.255 e. The summed E-state index contributed by atoms with van der Waals surface area (Å²) in [5.41, 5.74) is 1.96. The quantitative estimate of drug-likeness (QED) is 0.666. The number of amides is 2. The number of anilines is 2. The lowest BCUT2D eigenvalue weighted by Crippen LogP contribution is -2.40. The predicted molar refractivity (Wildman–Crippen MR) is 123 cm³/mol. The normalized spacial score (nSPS) is 19.2. The fraction of sp³-hybridized carbons (Fsp3) is 0.391. The van der Waals surface area contributed by atoms with Crippen molar-refractivity contribution in [2.24, 2.45) is 0 Å². The van der Waals surface area contributed by atoms with E-state index in [1.807, 2.05) is 0 Å². The van der Waals surface area contributed by atoms with Crippen LogP contribution >= 0.6 is 0 Å². The molecule has 2 aliphatic heterocycles. The molecule has 33 heavy (non-hydrogen) atoms. The summed E-state index contributed by atoms with van der Waals surface area (Å²) < 4.78 is 38.0. The van der Waals surface area contributed by atoms with E-state index in [2.05, 4.69) is 10.6 Å². The summed E-state index contributed by atoms with van der Waals surface area (Å²) in [5, 5.41) is 5.57. The summed E-state index contributed by atoms with van der Waals surface area (Å²) in [6.07, 6.45) is 1.05. The molecule has 2 N–H and O–H groups in total. The Bertz CT molecular complexity index is 1140. The van der Waals surface area contributed by atoms with Gasteiger partial charge >= 0.3 is 0 Å². The molecule has 2 aromatic rings. The molecule has 0 unspecified atom stereocenters. The zero-order valence-corrected chi connectivity index (χ0v) is 19.2. The van der Waals surface area contributed by atoms with Gasteiger partial charge in [0.15, 0.2) is 0 Å². The fourth-order valence-electron chi connectivity index (χ4n) is 3.77. The molecule has 1 atom stereocenters. The van der Waals surface area contributed by atoms with Gasteiger partial charge in [-0.2, -0.15) is 4.31 Å². The first-order chi connectivity index (χ1) is 15.8. The zero-order chi connectivity index (χ0) is 23.4. The molecule has 176 valence electrons. The largest absolute Gasteiger partial charge is 0.379 e. The SMILES string of the molecule is Cc1ccc(S(=O)(=O)N2CCOCC2)cc1NC(=O)c1cccc(NC(=O)[C@@H]2CCCO2)c1. The number of morpholine rings is 1. The summed E-state index contributed by atoms with van der Waals surface area (Å²) in [4.78, 5) is 25.3. The van der Waals surface area contributed by atoms with Gasteiger partial charge < -0.3 is 20.1 Å². The van der Waals surface area contributed by atoms with Gasteiger partial charge in [-0.1, -0.05) is 12.1 Å². The molecule has 2 amide bonds. The Labute approximate surface area is 193 Å². The smallest absolute Gasteiger partial charge is 0.255 e. The van der Waals surface area contributed by atoms with Crippen LogP contribution in [0.1, 0.15) is 28.8 Å². The summed E-state index contributed by atoms with van der Waals surface area (Å²) >= 11 is 0. The summed E-state index contributed by atoms with van der Waals surface area (Å²) in [5.74, 6) is -0.644. The van der Waals surface area contributed by atoms with E-state index in [4.69, 9.17) is 9.47 Å². The number of aryl methyl sites for hydroxylation is 1. The number of carbonyl (C=O) groups excluding carboxylic acids is 2. The van der Waals surface area contributed by atoms with Crippen LogP contribution in [-0.4, -0.2) is 63.6 Å². The first-order valence-corrected chi connectivity index (χ1v) is 12.3. The summed E-state index contributed by atoms with van der Waals surface area (Å²) in [6, 6.07) is 11.3. The second kappa shape index (κ2) is 10.0. The molecule has 0 bridgehead atoms. The maximum absolute atomic E-state index is 13.0. The van der Waals surface area contributed by atoms with Crippen LogP contribution in [0.2, 0.25) is 0 Å². The van der Waals surface area contributed by atoms with Crippen molar-refractivity contribution < 1.29 is 27.5 Å². The lowest BCUT2D eigenvalue weighted by Gasteiger charge is -2.26. The Hall–Kier alpha value is -2.79. The minimum atomic E-state index is -3.69. The second-order valence-corrected chi connectivity index (χ2v) is 9.96.